The van der Waals surface area contributed by atoms with Gasteiger partial charge in [0, 0.05) is 18.9 Å². The van der Waals surface area contributed by atoms with Crippen molar-refractivity contribution in [3.8, 4) is 0 Å². The summed E-state index contributed by atoms with van der Waals surface area (Å²) in [4.78, 5) is 34.1. The van der Waals surface area contributed by atoms with E-state index in [2.05, 4.69) is 0 Å². The third-order valence-corrected chi connectivity index (χ3v) is 2.39. The van der Waals surface area contributed by atoms with Crippen LogP contribution in [0.15, 0.2) is 0 Å². The van der Waals surface area contributed by atoms with Gasteiger partial charge in [-0.1, -0.05) is 0 Å². The molecule has 0 saturated carbocycles. The molecule has 1 N–H and O–H groups in total. The molecule has 0 aromatic rings. The number of carboxylic acids is 1. The molecule has 0 aromatic heterocycles. The van der Waals surface area contributed by atoms with Crippen LogP contribution in [0.3, 0.4) is 0 Å². The number of amides is 1. The number of carbonyl (C=O) groups excluding carboxylic acids is 2. The molecule has 0 aromatic carbocycles. The molecule has 1 aliphatic heterocycles. The first-order chi connectivity index (χ1) is 6.97. The van der Waals surface area contributed by atoms with Gasteiger partial charge in [-0.2, -0.15) is 0 Å². The van der Waals surface area contributed by atoms with Crippen molar-refractivity contribution in [2.24, 2.45) is 5.92 Å². The molecule has 0 spiro atoms. The monoisotopic (exact) mass is 217 g/mol. The molecule has 2 atom stereocenters. The van der Waals surface area contributed by atoms with Gasteiger partial charge in [-0.15, -0.1) is 0 Å². The number of ketones is 1. The van der Waals surface area contributed by atoms with Gasteiger partial charge in [0.05, 0.1) is 6.67 Å². The summed E-state index contributed by atoms with van der Waals surface area (Å²) < 4.78 is 12.3. The lowest BCUT2D eigenvalue weighted by molar-refractivity contribution is -0.152. The van der Waals surface area contributed by atoms with Crippen molar-refractivity contribution in [3.63, 3.8) is 0 Å². The lowest BCUT2D eigenvalue weighted by atomic mass is 10.1. The zero-order chi connectivity index (χ0) is 11.6. The highest BCUT2D eigenvalue weighted by Crippen LogP contribution is 2.21. The van der Waals surface area contributed by atoms with Crippen LogP contribution in [-0.2, 0) is 14.4 Å². The Morgan fingerprint density at radius 1 is 1.67 bits per heavy atom. The van der Waals surface area contributed by atoms with Gasteiger partial charge in [-0.25, -0.2) is 4.79 Å². The summed E-state index contributed by atoms with van der Waals surface area (Å²) in [5.41, 5.74) is 0. The first-order valence-electron chi connectivity index (χ1n) is 4.56. The highest BCUT2D eigenvalue weighted by molar-refractivity contribution is 6.04. The smallest absolute Gasteiger partial charge is 0.334 e. The summed E-state index contributed by atoms with van der Waals surface area (Å²) in [6.07, 6.45) is -0.0203. The summed E-state index contributed by atoms with van der Waals surface area (Å²) in [7, 11) is 0. The van der Waals surface area contributed by atoms with Gasteiger partial charge in [-0.05, 0) is 6.92 Å². The Bertz CT molecular complexity index is 290. The number of halogens is 1. The van der Waals surface area contributed by atoms with Crippen molar-refractivity contribution in [1.29, 1.82) is 0 Å². The van der Waals surface area contributed by atoms with Crippen molar-refractivity contribution in [2.45, 2.75) is 19.4 Å². The van der Waals surface area contributed by atoms with Crippen LogP contribution in [-0.4, -0.2) is 46.9 Å². The molecule has 6 heteroatoms. The highest BCUT2D eigenvalue weighted by Gasteiger charge is 2.39. The van der Waals surface area contributed by atoms with Crippen LogP contribution in [0.25, 0.3) is 0 Å². The quantitative estimate of drug-likeness (QED) is 0.664. The molecule has 15 heavy (non-hydrogen) atoms. The van der Waals surface area contributed by atoms with Gasteiger partial charge < -0.3 is 10.0 Å². The van der Waals surface area contributed by atoms with Crippen molar-refractivity contribution in [2.75, 3.05) is 13.2 Å². The van der Waals surface area contributed by atoms with E-state index in [4.69, 9.17) is 5.11 Å². The van der Waals surface area contributed by atoms with E-state index in [1.165, 1.54) is 0 Å². The first-order valence-corrected chi connectivity index (χ1v) is 4.56. The second-order valence-electron chi connectivity index (χ2n) is 3.62. The van der Waals surface area contributed by atoms with Crippen LogP contribution in [0.2, 0.25) is 0 Å². The maximum absolute atomic E-state index is 12.3. The van der Waals surface area contributed by atoms with Gasteiger partial charge in [0.2, 0.25) is 5.91 Å². The molecule has 1 amide bonds. The van der Waals surface area contributed by atoms with Crippen molar-refractivity contribution < 1.29 is 23.9 Å². The van der Waals surface area contributed by atoms with Crippen LogP contribution in [0, 0.1) is 5.92 Å². The van der Waals surface area contributed by atoms with Crippen molar-refractivity contribution in [3.05, 3.63) is 0 Å². The number of rotatable bonds is 4. The Labute approximate surface area is 85.9 Å². The van der Waals surface area contributed by atoms with E-state index in [1.54, 1.807) is 0 Å². The van der Waals surface area contributed by atoms with E-state index in [0.29, 0.717) is 0 Å². The lowest BCUT2D eigenvalue weighted by Crippen LogP contribution is -2.46. The second kappa shape index (κ2) is 4.37. The molecular formula is C9H12FNO4. The summed E-state index contributed by atoms with van der Waals surface area (Å²) in [6, 6.07) is -1.46. The van der Waals surface area contributed by atoms with E-state index < -0.39 is 36.3 Å². The summed E-state index contributed by atoms with van der Waals surface area (Å²) in [6.45, 7) is 0.438. The average Bonchev–Trinajstić information content (AvgIpc) is 2.46. The van der Waals surface area contributed by atoms with E-state index in [1.807, 2.05) is 0 Å². The molecule has 1 heterocycles. The average molecular weight is 217 g/mol. The summed E-state index contributed by atoms with van der Waals surface area (Å²) >= 11 is 0. The van der Waals surface area contributed by atoms with E-state index in [9.17, 15) is 18.8 Å². The third kappa shape index (κ3) is 2.31. The third-order valence-electron chi connectivity index (χ3n) is 2.39. The summed E-state index contributed by atoms with van der Waals surface area (Å²) in [5.74, 6) is -2.94. The predicted molar refractivity (Wildman–Crippen MR) is 47.9 cm³/mol. The molecule has 1 fully saturated rings. The Kier molecular flexibility index (Phi) is 3.39. The number of hydrogen-bond acceptors (Lipinski definition) is 3. The molecular weight excluding hydrogens is 205 g/mol. The van der Waals surface area contributed by atoms with Gasteiger partial charge >= 0.3 is 5.97 Å². The molecule has 0 radical (unpaired) electrons. The lowest BCUT2D eigenvalue weighted by Gasteiger charge is -2.21. The minimum Gasteiger partial charge on any atom is -0.479 e. The minimum absolute atomic E-state index is 0.00583. The topological polar surface area (TPSA) is 74.7 Å². The Hall–Kier alpha value is -1.46. The van der Waals surface area contributed by atoms with E-state index >= 15 is 0 Å². The molecule has 84 valence electrons. The first kappa shape index (κ1) is 11.6. The minimum atomic E-state index is -1.46. The molecule has 0 aliphatic carbocycles. The van der Waals surface area contributed by atoms with Crippen LogP contribution >= 0.6 is 0 Å². The van der Waals surface area contributed by atoms with E-state index in [-0.39, 0.29) is 13.0 Å². The molecule has 5 nitrogen and oxygen atoms in total. The largest absolute Gasteiger partial charge is 0.479 e. The number of alkyl halides is 1. The van der Waals surface area contributed by atoms with Gasteiger partial charge in [-0.3, -0.25) is 14.0 Å². The zero-order valence-corrected chi connectivity index (χ0v) is 8.27. The Morgan fingerprint density at radius 3 is 2.60 bits per heavy atom. The fourth-order valence-corrected chi connectivity index (χ4v) is 1.69. The predicted octanol–water partition coefficient (Wildman–Crippen LogP) is -0.153. The number of carbonyl (C=O) groups is 3. The summed E-state index contributed by atoms with van der Waals surface area (Å²) in [5, 5.41) is 8.77. The molecule has 1 rings (SSSR count). The number of Topliss-reactive ketones (excluding diaryl/α,β-unsaturated/α-hetero) is 1. The normalized spacial score (nSPS) is 22.9. The fourth-order valence-electron chi connectivity index (χ4n) is 1.69. The number of nitrogens with zero attached hydrogens (tertiary/aromatic N) is 1. The van der Waals surface area contributed by atoms with Gasteiger partial charge in [0.15, 0.2) is 11.8 Å². The molecule has 0 bridgehead atoms. The SMILES string of the molecule is CC(=O)C(C(=O)O)N1CC(CF)CC1=O. The van der Waals surface area contributed by atoms with Crippen molar-refractivity contribution in [1.82, 2.24) is 4.90 Å². The van der Waals surface area contributed by atoms with Crippen LogP contribution in [0.5, 0.6) is 0 Å². The number of aliphatic carboxylic acids is 1. The van der Waals surface area contributed by atoms with Crippen LogP contribution in [0.4, 0.5) is 4.39 Å². The molecule has 1 aliphatic rings. The number of hydrogen-bond donors (Lipinski definition) is 1. The number of likely N-dealkylation sites (tertiary alicyclic amines) is 1. The maximum atomic E-state index is 12.3. The molecule has 1 saturated heterocycles. The van der Waals surface area contributed by atoms with Gasteiger partial charge in [0.1, 0.15) is 0 Å². The standard InChI is InChI=1S/C9H12FNO4/c1-5(12)8(9(14)15)11-4-6(3-10)2-7(11)13/h6,8H,2-4H2,1H3,(H,14,15). The van der Waals surface area contributed by atoms with Gasteiger partial charge in [0.25, 0.3) is 0 Å². The van der Waals surface area contributed by atoms with Crippen LogP contribution in [0.1, 0.15) is 13.3 Å². The molecule has 2 unspecified atom stereocenters. The number of carboxylic acid groups (broad SMARTS) is 1. The zero-order valence-electron chi connectivity index (χ0n) is 8.27. The Balaban J connectivity index is 2.82. The van der Waals surface area contributed by atoms with E-state index in [0.717, 1.165) is 11.8 Å². The second-order valence-corrected chi connectivity index (χ2v) is 3.62. The maximum Gasteiger partial charge on any atom is 0.334 e. The van der Waals surface area contributed by atoms with Crippen LogP contribution < -0.4 is 0 Å². The fraction of sp³-hybridized carbons (Fsp3) is 0.667. The van der Waals surface area contributed by atoms with Crippen molar-refractivity contribution >= 4 is 17.7 Å². The highest BCUT2D eigenvalue weighted by atomic mass is 19.1. The Morgan fingerprint density at radius 2 is 2.27 bits per heavy atom.